The first-order valence-corrected chi connectivity index (χ1v) is 5.67. The number of aliphatic hydroxyl groups is 1. The molecule has 16 heavy (non-hydrogen) atoms. The van der Waals surface area contributed by atoms with Gasteiger partial charge in [0.15, 0.2) is 0 Å². The van der Waals surface area contributed by atoms with Gasteiger partial charge >= 0.3 is 0 Å². The summed E-state index contributed by atoms with van der Waals surface area (Å²) in [5.74, 6) is 0.963. The van der Waals surface area contributed by atoms with Crippen molar-refractivity contribution in [1.82, 2.24) is 14.9 Å². The van der Waals surface area contributed by atoms with Gasteiger partial charge in [-0.3, -0.25) is 0 Å². The highest BCUT2D eigenvalue weighted by atomic mass is 16.3. The predicted octanol–water partition coefficient (Wildman–Crippen LogP) is 0.0990. The van der Waals surface area contributed by atoms with Crippen molar-refractivity contribution in [3.05, 3.63) is 11.9 Å². The molecule has 0 saturated heterocycles. The molecule has 2 N–H and O–H groups in total. The van der Waals surface area contributed by atoms with Crippen LogP contribution in [0.5, 0.6) is 0 Å². The van der Waals surface area contributed by atoms with Gasteiger partial charge in [-0.15, -0.1) is 0 Å². The molecule has 0 aliphatic heterocycles. The minimum Gasteiger partial charge on any atom is -0.393 e. The number of aromatic nitrogens is 2. The van der Waals surface area contributed by atoms with Gasteiger partial charge in [-0.2, -0.15) is 0 Å². The molecule has 0 radical (unpaired) electrons. The van der Waals surface area contributed by atoms with Crippen LogP contribution in [0.25, 0.3) is 0 Å². The van der Waals surface area contributed by atoms with Gasteiger partial charge in [-0.05, 0) is 12.8 Å². The van der Waals surface area contributed by atoms with Crippen molar-refractivity contribution in [1.29, 1.82) is 0 Å². The van der Waals surface area contributed by atoms with Gasteiger partial charge in [-0.1, -0.05) is 0 Å². The summed E-state index contributed by atoms with van der Waals surface area (Å²) in [7, 11) is 6.00. The Bertz CT molecular complexity index is 355. The van der Waals surface area contributed by atoms with E-state index in [-0.39, 0.29) is 6.10 Å². The molecular formula is C11H20N4O. The van der Waals surface area contributed by atoms with Gasteiger partial charge < -0.3 is 19.9 Å². The summed E-state index contributed by atoms with van der Waals surface area (Å²) in [4.78, 5) is 6.35. The molecular weight excluding hydrogens is 204 g/mol. The number of nitrogens with zero attached hydrogens (tertiary/aromatic N) is 3. The summed E-state index contributed by atoms with van der Waals surface area (Å²) < 4.78 is 2.09. The molecule has 1 fully saturated rings. The zero-order valence-electron chi connectivity index (χ0n) is 10.1. The van der Waals surface area contributed by atoms with E-state index < -0.39 is 0 Å². The summed E-state index contributed by atoms with van der Waals surface area (Å²) >= 11 is 0. The van der Waals surface area contributed by atoms with Crippen LogP contribution in [0.4, 0.5) is 5.95 Å². The quantitative estimate of drug-likeness (QED) is 0.761. The molecule has 0 amide bonds. The predicted molar refractivity (Wildman–Crippen MR) is 63.4 cm³/mol. The molecule has 2 rings (SSSR count). The van der Waals surface area contributed by atoms with Crippen LogP contribution in [0.2, 0.25) is 0 Å². The molecule has 5 heteroatoms. The fourth-order valence-corrected chi connectivity index (χ4v) is 2.02. The molecule has 90 valence electrons. The van der Waals surface area contributed by atoms with E-state index in [0.29, 0.717) is 6.04 Å². The lowest BCUT2D eigenvalue weighted by Gasteiger charge is -2.32. The van der Waals surface area contributed by atoms with Crippen molar-refractivity contribution >= 4 is 5.95 Å². The SMILES string of the molecule is CN(C)c1ncc(CNC2CC(O)C2)n1C. The van der Waals surface area contributed by atoms with E-state index in [1.54, 1.807) is 0 Å². The summed E-state index contributed by atoms with van der Waals surface area (Å²) in [6, 6.07) is 0.465. The molecule has 0 bridgehead atoms. The Hall–Kier alpha value is -1.07. The second-order valence-electron chi connectivity index (χ2n) is 4.71. The van der Waals surface area contributed by atoms with E-state index >= 15 is 0 Å². The first-order valence-electron chi connectivity index (χ1n) is 5.67. The number of aliphatic hydroxyl groups excluding tert-OH is 1. The summed E-state index contributed by atoms with van der Waals surface area (Å²) in [5.41, 5.74) is 1.17. The molecule has 1 aliphatic rings. The van der Waals surface area contributed by atoms with Gasteiger partial charge in [0.1, 0.15) is 0 Å². The van der Waals surface area contributed by atoms with E-state index in [9.17, 15) is 5.11 Å². The zero-order valence-corrected chi connectivity index (χ0v) is 10.1. The van der Waals surface area contributed by atoms with Gasteiger partial charge in [0, 0.05) is 33.7 Å². The second-order valence-corrected chi connectivity index (χ2v) is 4.71. The fraction of sp³-hybridized carbons (Fsp3) is 0.727. The van der Waals surface area contributed by atoms with E-state index in [1.165, 1.54) is 5.69 Å². The van der Waals surface area contributed by atoms with Crippen LogP contribution < -0.4 is 10.2 Å². The molecule has 0 atom stereocenters. The highest BCUT2D eigenvalue weighted by Crippen LogP contribution is 2.20. The molecule has 5 nitrogen and oxygen atoms in total. The minimum absolute atomic E-state index is 0.0960. The van der Waals surface area contributed by atoms with Gasteiger partial charge in [0.25, 0.3) is 0 Å². The average molecular weight is 224 g/mol. The van der Waals surface area contributed by atoms with Crippen LogP contribution in [-0.2, 0) is 13.6 Å². The third kappa shape index (κ3) is 2.20. The fourth-order valence-electron chi connectivity index (χ4n) is 2.02. The van der Waals surface area contributed by atoms with Gasteiger partial charge in [0.2, 0.25) is 5.95 Å². The molecule has 1 aromatic rings. The zero-order chi connectivity index (χ0) is 11.7. The van der Waals surface area contributed by atoms with Crippen LogP contribution in [0.1, 0.15) is 18.5 Å². The monoisotopic (exact) mass is 224 g/mol. The van der Waals surface area contributed by atoms with Crippen LogP contribution in [0.3, 0.4) is 0 Å². The number of anilines is 1. The first-order chi connectivity index (χ1) is 7.58. The highest BCUT2D eigenvalue weighted by molar-refractivity contribution is 5.30. The molecule has 0 spiro atoms. The molecule has 1 saturated carbocycles. The van der Waals surface area contributed by atoms with E-state index in [2.05, 4.69) is 14.9 Å². The lowest BCUT2D eigenvalue weighted by molar-refractivity contribution is 0.0617. The Balaban J connectivity index is 1.89. The molecule has 1 aromatic heterocycles. The molecule has 0 aromatic carbocycles. The normalized spacial score (nSPS) is 24.2. The van der Waals surface area contributed by atoms with Crippen LogP contribution >= 0.6 is 0 Å². The third-order valence-corrected chi connectivity index (χ3v) is 3.14. The van der Waals surface area contributed by atoms with Crippen molar-refractivity contribution in [3.63, 3.8) is 0 Å². The Morgan fingerprint density at radius 3 is 2.75 bits per heavy atom. The lowest BCUT2D eigenvalue weighted by Crippen LogP contribution is -2.43. The number of hydrogen-bond acceptors (Lipinski definition) is 4. The van der Waals surface area contributed by atoms with Gasteiger partial charge in [-0.25, -0.2) is 4.98 Å². The van der Waals surface area contributed by atoms with Crippen molar-refractivity contribution < 1.29 is 5.11 Å². The smallest absolute Gasteiger partial charge is 0.204 e. The van der Waals surface area contributed by atoms with Gasteiger partial charge in [0.05, 0.1) is 18.0 Å². The second kappa shape index (κ2) is 4.43. The summed E-state index contributed by atoms with van der Waals surface area (Å²) in [6.45, 7) is 0.814. The van der Waals surface area contributed by atoms with Crippen LogP contribution in [-0.4, -0.2) is 40.9 Å². The average Bonchev–Trinajstić information content (AvgIpc) is 2.53. The Kier molecular flexibility index (Phi) is 3.16. The number of rotatable bonds is 4. The lowest BCUT2D eigenvalue weighted by atomic mass is 9.89. The Morgan fingerprint density at radius 1 is 1.56 bits per heavy atom. The number of hydrogen-bond donors (Lipinski definition) is 2. The Morgan fingerprint density at radius 2 is 2.25 bits per heavy atom. The van der Waals surface area contributed by atoms with E-state index in [4.69, 9.17) is 0 Å². The molecule has 1 heterocycles. The number of imidazole rings is 1. The third-order valence-electron chi connectivity index (χ3n) is 3.14. The summed E-state index contributed by atoms with van der Waals surface area (Å²) in [6.07, 6.45) is 3.55. The van der Waals surface area contributed by atoms with E-state index in [1.807, 2.05) is 32.2 Å². The van der Waals surface area contributed by atoms with Crippen LogP contribution in [0, 0.1) is 0 Å². The topological polar surface area (TPSA) is 53.3 Å². The van der Waals surface area contributed by atoms with E-state index in [0.717, 1.165) is 25.3 Å². The summed E-state index contributed by atoms with van der Waals surface area (Å²) in [5, 5.41) is 12.6. The highest BCUT2D eigenvalue weighted by Gasteiger charge is 2.26. The molecule has 1 aliphatic carbocycles. The van der Waals surface area contributed by atoms with Crippen LogP contribution in [0.15, 0.2) is 6.20 Å². The van der Waals surface area contributed by atoms with Crippen molar-refractivity contribution in [2.24, 2.45) is 7.05 Å². The Labute approximate surface area is 96.1 Å². The standard InChI is InChI=1S/C11H20N4O/c1-14(2)11-13-7-9(15(11)3)6-12-8-4-10(16)5-8/h7-8,10,12,16H,4-6H2,1-3H3. The molecule has 0 unspecified atom stereocenters. The maximum Gasteiger partial charge on any atom is 0.204 e. The first kappa shape index (κ1) is 11.4. The maximum atomic E-state index is 9.18. The minimum atomic E-state index is -0.0960. The van der Waals surface area contributed by atoms with Crippen molar-refractivity contribution in [2.75, 3.05) is 19.0 Å². The largest absolute Gasteiger partial charge is 0.393 e. The van der Waals surface area contributed by atoms with Crippen molar-refractivity contribution in [3.8, 4) is 0 Å². The maximum absolute atomic E-state index is 9.18. The van der Waals surface area contributed by atoms with Crippen molar-refractivity contribution in [2.45, 2.75) is 31.5 Å². The number of nitrogens with one attached hydrogen (secondary N) is 1.